The van der Waals surface area contributed by atoms with Crippen LogP contribution in [0.5, 0.6) is 0 Å². The van der Waals surface area contributed by atoms with E-state index in [1.165, 1.54) is 0 Å². The fraction of sp³-hybridized carbons (Fsp3) is 0.643. The molecule has 116 valence electrons. The van der Waals surface area contributed by atoms with E-state index < -0.39 is 11.4 Å². The number of nitrogens with one attached hydrogen (secondary N) is 2. The average Bonchev–Trinajstić information content (AvgIpc) is 3.13. The van der Waals surface area contributed by atoms with Crippen LogP contribution in [0.3, 0.4) is 0 Å². The molecule has 1 heterocycles. The molecular formula is C14H22N4O3. The Morgan fingerprint density at radius 2 is 2.05 bits per heavy atom. The summed E-state index contributed by atoms with van der Waals surface area (Å²) in [6.45, 7) is 1.48. The van der Waals surface area contributed by atoms with Crippen molar-refractivity contribution >= 4 is 12.0 Å². The molecule has 0 saturated heterocycles. The van der Waals surface area contributed by atoms with Gasteiger partial charge in [-0.15, -0.1) is 0 Å². The van der Waals surface area contributed by atoms with Crippen LogP contribution in [0.25, 0.3) is 0 Å². The third kappa shape index (κ3) is 4.21. The minimum atomic E-state index is -0.806. The number of aryl methyl sites for hydroxylation is 1. The summed E-state index contributed by atoms with van der Waals surface area (Å²) >= 11 is 0. The van der Waals surface area contributed by atoms with Crippen LogP contribution in [-0.2, 0) is 11.3 Å². The van der Waals surface area contributed by atoms with Crippen molar-refractivity contribution in [3.63, 3.8) is 0 Å². The molecule has 2 amide bonds. The van der Waals surface area contributed by atoms with Crippen LogP contribution < -0.4 is 10.6 Å². The van der Waals surface area contributed by atoms with Crippen molar-refractivity contribution < 1.29 is 14.7 Å². The molecule has 7 heteroatoms. The number of urea groups is 1. The predicted molar refractivity (Wildman–Crippen MR) is 76.8 cm³/mol. The zero-order valence-electron chi connectivity index (χ0n) is 12.0. The van der Waals surface area contributed by atoms with E-state index in [4.69, 9.17) is 0 Å². The lowest BCUT2D eigenvalue weighted by Gasteiger charge is -2.24. The molecule has 21 heavy (non-hydrogen) atoms. The summed E-state index contributed by atoms with van der Waals surface area (Å²) in [7, 11) is 0. The zero-order chi connectivity index (χ0) is 15.1. The van der Waals surface area contributed by atoms with Gasteiger partial charge in [0, 0.05) is 32.0 Å². The van der Waals surface area contributed by atoms with Gasteiger partial charge in [0.2, 0.25) is 0 Å². The SMILES string of the molecule is O=C(NCCCn1cccn1)NCC1(C(=O)O)CCCC1. The quantitative estimate of drug-likeness (QED) is 0.659. The van der Waals surface area contributed by atoms with Crippen molar-refractivity contribution in [3.8, 4) is 0 Å². The molecule has 0 atom stereocenters. The number of amides is 2. The molecule has 0 radical (unpaired) electrons. The number of aromatic nitrogens is 2. The normalized spacial score (nSPS) is 16.6. The first-order chi connectivity index (χ1) is 10.1. The highest BCUT2D eigenvalue weighted by atomic mass is 16.4. The van der Waals surface area contributed by atoms with E-state index >= 15 is 0 Å². The third-order valence-electron chi connectivity index (χ3n) is 4.01. The second-order valence-electron chi connectivity index (χ2n) is 5.52. The molecule has 2 rings (SSSR count). The van der Waals surface area contributed by atoms with Crippen LogP contribution in [0.2, 0.25) is 0 Å². The number of carbonyl (C=O) groups excluding carboxylic acids is 1. The van der Waals surface area contributed by atoms with Gasteiger partial charge in [0.25, 0.3) is 0 Å². The summed E-state index contributed by atoms with van der Waals surface area (Å²) in [5.74, 6) is -0.806. The highest BCUT2D eigenvalue weighted by molar-refractivity contribution is 5.78. The number of carboxylic acid groups (broad SMARTS) is 1. The van der Waals surface area contributed by atoms with Crippen molar-refractivity contribution in [1.29, 1.82) is 0 Å². The molecule has 1 saturated carbocycles. The lowest BCUT2D eigenvalue weighted by molar-refractivity contribution is -0.148. The van der Waals surface area contributed by atoms with Gasteiger partial charge in [-0.05, 0) is 25.3 Å². The van der Waals surface area contributed by atoms with Crippen LogP contribution in [0, 0.1) is 5.41 Å². The summed E-state index contributed by atoms with van der Waals surface area (Å²) in [6.07, 6.45) is 7.48. The first-order valence-electron chi connectivity index (χ1n) is 7.35. The standard InChI is InChI=1S/C14H22N4O3/c19-12(20)14(5-1-2-6-14)11-16-13(21)15-7-3-9-18-10-4-8-17-18/h4,8,10H,1-3,5-7,9,11H2,(H,19,20)(H2,15,16,21). The van der Waals surface area contributed by atoms with Gasteiger partial charge >= 0.3 is 12.0 Å². The van der Waals surface area contributed by atoms with Crippen LogP contribution in [0.4, 0.5) is 4.79 Å². The zero-order valence-corrected chi connectivity index (χ0v) is 12.0. The van der Waals surface area contributed by atoms with E-state index in [1.807, 2.05) is 12.3 Å². The Balaban J connectivity index is 1.64. The van der Waals surface area contributed by atoms with Crippen LogP contribution in [0.1, 0.15) is 32.1 Å². The summed E-state index contributed by atoms with van der Waals surface area (Å²) in [5.41, 5.74) is -0.771. The molecule has 0 bridgehead atoms. The van der Waals surface area contributed by atoms with Crippen molar-refractivity contribution in [2.75, 3.05) is 13.1 Å². The topological polar surface area (TPSA) is 96.3 Å². The highest BCUT2D eigenvalue weighted by Crippen LogP contribution is 2.37. The smallest absolute Gasteiger partial charge is 0.314 e. The molecule has 0 aromatic carbocycles. The Hall–Kier alpha value is -2.05. The molecule has 0 spiro atoms. The predicted octanol–water partition coefficient (Wildman–Crippen LogP) is 1.22. The second-order valence-corrected chi connectivity index (χ2v) is 5.52. The van der Waals surface area contributed by atoms with E-state index in [1.54, 1.807) is 10.9 Å². The van der Waals surface area contributed by atoms with E-state index in [0.29, 0.717) is 19.4 Å². The maximum atomic E-state index is 11.7. The fourth-order valence-electron chi connectivity index (χ4n) is 2.71. The summed E-state index contributed by atoms with van der Waals surface area (Å²) < 4.78 is 1.80. The van der Waals surface area contributed by atoms with E-state index in [-0.39, 0.29) is 12.6 Å². The number of nitrogens with zero attached hydrogens (tertiary/aromatic N) is 2. The Morgan fingerprint density at radius 1 is 1.29 bits per heavy atom. The van der Waals surface area contributed by atoms with E-state index in [9.17, 15) is 14.7 Å². The lowest BCUT2D eigenvalue weighted by atomic mass is 9.86. The Bertz CT molecular complexity index is 467. The van der Waals surface area contributed by atoms with Crippen LogP contribution in [0.15, 0.2) is 18.5 Å². The maximum absolute atomic E-state index is 11.7. The Kier molecular flexibility index (Phi) is 5.19. The number of hydrogen-bond donors (Lipinski definition) is 3. The summed E-state index contributed by atoms with van der Waals surface area (Å²) in [4.78, 5) is 23.0. The number of aliphatic carboxylic acids is 1. The molecule has 1 aromatic rings. The van der Waals surface area contributed by atoms with Gasteiger partial charge in [-0.2, -0.15) is 5.10 Å². The minimum Gasteiger partial charge on any atom is -0.481 e. The van der Waals surface area contributed by atoms with Gasteiger partial charge in [0.1, 0.15) is 0 Å². The summed E-state index contributed by atoms with van der Waals surface area (Å²) in [5, 5.41) is 18.8. The molecule has 1 aromatic heterocycles. The molecular weight excluding hydrogens is 272 g/mol. The van der Waals surface area contributed by atoms with Crippen molar-refractivity contribution in [1.82, 2.24) is 20.4 Å². The molecule has 0 aliphatic heterocycles. The van der Waals surface area contributed by atoms with E-state index in [2.05, 4.69) is 15.7 Å². The third-order valence-corrected chi connectivity index (χ3v) is 4.01. The van der Waals surface area contributed by atoms with Crippen LogP contribution in [-0.4, -0.2) is 40.0 Å². The number of hydrogen-bond acceptors (Lipinski definition) is 3. The largest absolute Gasteiger partial charge is 0.481 e. The van der Waals surface area contributed by atoms with Gasteiger partial charge in [-0.25, -0.2) is 4.79 Å². The average molecular weight is 294 g/mol. The summed E-state index contributed by atoms with van der Waals surface area (Å²) in [6, 6.07) is 1.55. The van der Waals surface area contributed by atoms with Crippen molar-refractivity contribution in [2.45, 2.75) is 38.6 Å². The number of carboxylic acids is 1. The molecule has 1 aliphatic rings. The monoisotopic (exact) mass is 294 g/mol. The van der Waals surface area contributed by atoms with Gasteiger partial charge in [0.05, 0.1) is 5.41 Å². The minimum absolute atomic E-state index is 0.202. The molecule has 1 aliphatic carbocycles. The van der Waals surface area contributed by atoms with Gasteiger partial charge < -0.3 is 15.7 Å². The maximum Gasteiger partial charge on any atom is 0.314 e. The van der Waals surface area contributed by atoms with Crippen molar-refractivity contribution in [3.05, 3.63) is 18.5 Å². The molecule has 1 fully saturated rings. The van der Waals surface area contributed by atoms with E-state index in [0.717, 1.165) is 25.8 Å². The lowest BCUT2D eigenvalue weighted by Crippen LogP contribution is -2.45. The Labute approximate surface area is 123 Å². The van der Waals surface area contributed by atoms with Crippen LogP contribution >= 0.6 is 0 Å². The first kappa shape index (κ1) is 15.3. The highest BCUT2D eigenvalue weighted by Gasteiger charge is 2.41. The Morgan fingerprint density at radius 3 is 2.67 bits per heavy atom. The van der Waals surface area contributed by atoms with Crippen molar-refractivity contribution in [2.24, 2.45) is 5.41 Å². The number of carbonyl (C=O) groups is 2. The van der Waals surface area contributed by atoms with Gasteiger partial charge in [-0.3, -0.25) is 9.48 Å². The second kappa shape index (κ2) is 7.10. The first-order valence-corrected chi connectivity index (χ1v) is 7.35. The van der Waals surface area contributed by atoms with Gasteiger partial charge in [0.15, 0.2) is 0 Å². The molecule has 7 nitrogen and oxygen atoms in total. The fourth-order valence-corrected chi connectivity index (χ4v) is 2.71. The van der Waals surface area contributed by atoms with Gasteiger partial charge in [-0.1, -0.05) is 12.8 Å². The molecule has 0 unspecified atom stereocenters. The number of rotatable bonds is 7. The molecule has 3 N–H and O–H groups in total.